The van der Waals surface area contributed by atoms with E-state index in [0.29, 0.717) is 11.0 Å². The van der Waals surface area contributed by atoms with Gasteiger partial charge < -0.3 is 4.90 Å². The van der Waals surface area contributed by atoms with Crippen molar-refractivity contribution in [2.45, 2.75) is 12.3 Å². The summed E-state index contributed by atoms with van der Waals surface area (Å²) < 4.78 is 1.09. The summed E-state index contributed by atoms with van der Waals surface area (Å²) in [6.07, 6.45) is 1.01. The molecule has 1 saturated heterocycles. The first-order valence-corrected chi connectivity index (χ1v) is 8.58. The Kier molecular flexibility index (Phi) is 3.71. The van der Waals surface area contributed by atoms with E-state index in [0.717, 1.165) is 29.7 Å². The number of anilines is 1. The van der Waals surface area contributed by atoms with Gasteiger partial charge in [0.1, 0.15) is 0 Å². The second kappa shape index (κ2) is 6.01. The van der Waals surface area contributed by atoms with Crippen molar-refractivity contribution in [3.05, 3.63) is 60.2 Å². The summed E-state index contributed by atoms with van der Waals surface area (Å²) in [5, 5.41) is 3.61. The van der Waals surface area contributed by atoms with Crippen LogP contribution in [0.5, 0.6) is 0 Å². The van der Waals surface area contributed by atoms with Gasteiger partial charge in [0, 0.05) is 19.0 Å². The summed E-state index contributed by atoms with van der Waals surface area (Å²) in [6, 6.07) is 18.3. The standard InChI is InChI=1S/C18H17N3OS/c22-18(20-17-19-15-8-4-5-9-16(15)23-17)21-11-10-14(12-21)13-6-2-1-3-7-13/h1-9,14H,10-12H2,(H,19,20,22). The Morgan fingerprint density at radius 3 is 2.74 bits per heavy atom. The monoisotopic (exact) mass is 323 g/mol. The maximum atomic E-state index is 12.4. The minimum atomic E-state index is -0.0533. The second-order valence-electron chi connectivity index (χ2n) is 5.76. The zero-order chi connectivity index (χ0) is 15.6. The summed E-state index contributed by atoms with van der Waals surface area (Å²) in [5.41, 5.74) is 2.24. The zero-order valence-corrected chi connectivity index (χ0v) is 13.4. The van der Waals surface area contributed by atoms with Crippen LogP contribution in [0.4, 0.5) is 9.93 Å². The molecule has 2 amide bonds. The quantitative estimate of drug-likeness (QED) is 0.763. The number of thiazole rings is 1. The highest BCUT2D eigenvalue weighted by Gasteiger charge is 2.27. The molecule has 0 bridgehead atoms. The third kappa shape index (κ3) is 2.92. The molecule has 4 rings (SSSR count). The number of carbonyl (C=O) groups excluding carboxylic acids is 1. The van der Waals surface area contributed by atoms with Gasteiger partial charge in [0.05, 0.1) is 10.2 Å². The Morgan fingerprint density at radius 1 is 1.13 bits per heavy atom. The number of nitrogens with one attached hydrogen (secondary N) is 1. The summed E-state index contributed by atoms with van der Waals surface area (Å²) in [7, 11) is 0. The van der Waals surface area contributed by atoms with Gasteiger partial charge in [-0.15, -0.1) is 0 Å². The van der Waals surface area contributed by atoms with E-state index in [1.165, 1.54) is 16.9 Å². The predicted molar refractivity (Wildman–Crippen MR) is 94.0 cm³/mol. The lowest BCUT2D eigenvalue weighted by atomic mass is 9.99. The average Bonchev–Trinajstić information content (AvgIpc) is 3.22. The van der Waals surface area contributed by atoms with Crippen LogP contribution in [-0.2, 0) is 0 Å². The third-order valence-electron chi connectivity index (χ3n) is 4.25. The van der Waals surface area contributed by atoms with E-state index in [9.17, 15) is 4.79 Å². The summed E-state index contributed by atoms with van der Waals surface area (Å²) in [6.45, 7) is 1.55. The Hall–Kier alpha value is -2.40. The first-order valence-electron chi connectivity index (χ1n) is 7.76. The molecule has 1 N–H and O–H groups in total. The number of fused-ring (bicyclic) bond motifs is 1. The van der Waals surface area contributed by atoms with Gasteiger partial charge in [-0.2, -0.15) is 0 Å². The molecule has 1 unspecified atom stereocenters. The maximum Gasteiger partial charge on any atom is 0.323 e. The Bertz CT molecular complexity index is 797. The molecule has 2 aromatic carbocycles. The molecule has 1 aliphatic heterocycles. The zero-order valence-electron chi connectivity index (χ0n) is 12.6. The number of urea groups is 1. The number of rotatable bonds is 2. The topological polar surface area (TPSA) is 45.2 Å². The highest BCUT2D eigenvalue weighted by molar-refractivity contribution is 7.22. The third-order valence-corrected chi connectivity index (χ3v) is 5.21. The van der Waals surface area contributed by atoms with Crippen LogP contribution in [0, 0.1) is 0 Å². The number of hydrogen-bond donors (Lipinski definition) is 1. The Labute approximate surface area is 138 Å². The molecule has 0 saturated carbocycles. The first-order chi connectivity index (χ1) is 11.3. The van der Waals surface area contributed by atoms with Crippen molar-refractivity contribution in [1.29, 1.82) is 0 Å². The highest BCUT2D eigenvalue weighted by Crippen LogP contribution is 2.29. The minimum absolute atomic E-state index is 0.0533. The number of para-hydroxylation sites is 1. The van der Waals surface area contributed by atoms with Crippen LogP contribution in [-0.4, -0.2) is 29.0 Å². The molecule has 1 fully saturated rings. The molecule has 3 aromatic rings. The minimum Gasteiger partial charge on any atom is -0.324 e. The van der Waals surface area contributed by atoms with Crippen LogP contribution >= 0.6 is 11.3 Å². The van der Waals surface area contributed by atoms with Crippen molar-refractivity contribution in [1.82, 2.24) is 9.88 Å². The molecule has 116 valence electrons. The van der Waals surface area contributed by atoms with Crippen molar-refractivity contribution < 1.29 is 4.79 Å². The lowest BCUT2D eigenvalue weighted by Gasteiger charge is -2.16. The number of nitrogens with zero attached hydrogens (tertiary/aromatic N) is 2. The van der Waals surface area contributed by atoms with Gasteiger partial charge >= 0.3 is 6.03 Å². The van der Waals surface area contributed by atoms with Crippen LogP contribution in [0.15, 0.2) is 54.6 Å². The summed E-state index contributed by atoms with van der Waals surface area (Å²) in [4.78, 5) is 18.8. The van der Waals surface area contributed by atoms with Gasteiger partial charge in [0.25, 0.3) is 0 Å². The molecule has 5 heteroatoms. The highest BCUT2D eigenvalue weighted by atomic mass is 32.1. The van der Waals surface area contributed by atoms with Crippen molar-refractivity contribution in [3.63, 3.8) is 0 Å². The lowest BCUT2D eigenvalue weighted by Crippen LogP contribution is -2.32. The van der Waals surface area contributed by atoms with Crippen molar-refractivity contribution in [2.75, 3.05) is 18.4 Å². The molecule has 23 heavy (non-hydrogen) atoms. The molecule has 0 aliphatic carbocycles. The fraction of sp³-hybridized carbons (Fsp3) is 0.222. The lowest BCUT2D eigenvalue weighted by molar-refractivity contribution is 0.222. The summed E-state index contributed by atoms with van der Waals surface area (Å²) >= 11 is 1.51. The number of likely N-dealkylation sites (tertiary alicyclic amines) is 1. The molecule has 0 spiro atoms. The fourth-order valence-corrected chi connectivity index (χ4v) is 3.89. The van der Waals surface area contributed by atoms with E-state index >= 15 is 0 Å². The maximum absolute atomic E-state index is 12.4. The molecule has 1 aliphatic rings. The van der Waals surface area contributed by atoms with Crippen molar-refractivity contribution in [2.24, 2.45) is 0 Å². The SMILES string of the molecule is O=C(Nc1nc2ccccc2s1)N1CCC(c2ccccc2)C1. The van der Waals surface area contributed by atoms with E-state index < -0.39 is 0 Å². The van der Waals surface area contributed by atoms with Gasteiger partial charge in [0.2, 0.25) is 0 Å². The Morgan fingerprint density at radius 2 is 1.91 bits per heavy atom. The van der Waals surface area contributed by atoms with Crippen LogP contribution in [0.25, 0.3) is 10.2 Å². The summed E-state index contributed by atoms with van der Waals surface area (Å²) in [5.74, 6) is 0.428. The van der Waals surface area contributed by atoms with E-state index in [1.807, 2.05) is 35.2 Å². The van der Waals surface area contributed by atoms with Crippen LogP contribution < -0.4 is 5.32 Å². The van der Waals surface area contributed by atoms with Crippen LogP contribution in [0.1, 0.15) is 17.9 Å². The largest absolute Gasteiger partial charge is 0.324 e. The van der Waals surface area contributed by atoms with E-state index in [4.69, 9.17) is 0 Å². The van der Waals surface area contributed by atoms with E-state index in [-0.39, 0.29) is 6.03 Å². The van der Waals surface area contributed by atoms with Gasteiger partial charge in [-0.3, -0.25) is 5.32 Å². The van der Waals surface area contributed by atoms with Gasteiger partial charge in [-0.05, 0) is 24.1 Å². The van der Waals surface area contributed by atoms with Crippen molar-refractivity contribution in [3.8, 4) is 0 Å². The van der Waals surface area contributed by atoms with Crippen LogP contribution in [0.2, 0.25) is 0 Å². The number of aromatic nitrogens is 1. The number of hydrogen-bond acceptors (Lipinski definition) is 3. The van der Waals surface area contributed by atoms with E-state index in [1.54, 1.807) is 0 Å². The first kappa shape index (κ1) is 14.2. The molecular weight excluding hydrogens is 306 g/mol. The second-order valence-corrected chi connectivity index (χ2v) is 6.79. The van der Waals surface area contributed by atoms with Crippen molar-refractivity contribution >= 4 is 32.7 Å². The molecule has 1 atom stereocenters. The average molecular weight is 323 g/mol. The normalized spacial score (nSPS) is 17.6. The van der Waals surface area contributed by atoms with Crippen LogP contribution in [0.3, 0.4) is 0 Å². The predicted octanol–water partition coefficient (Wildman–Crippen LogP) is 4.32. The number of carbonyl (C=O) groups is 1. The smallest absolute Gasteiger partial charge is 0.323 e. The fourth-order valence-electron chi connectivity index (χ4n) is 3.04. The molecule has 1 aromatic heterocycles. The number of amides is 2. The van der Waals surface area contributed by atoms with E-state index in [2.05, 4.69) is 34.6 Å². The molecular formula is C18H17N3OS. The number of benzene rings is 2. The Balaban J connectivity index is 1.43. The molecule has 4 nitrogen and oxygen atoms in total. The van der Waals surface area contributed by atoms with Gasteiger partial charge in [-0.25, -0.2) is 9.78 Å². The molecule has 0 radical (unpaired) electrons. The van der Waals surface area contributed by atoms with Gasteiger partial charge in [-0.1, -0.05) is 53.8 Å². The molecule has 2 heterocycles. The van der Waals surface area contributed by atoms with Gasteiger partial charge in [0.15, 0.2) is 5.13 Å².